The van der Waals surface area contributed by atoms with Crippen molar-refractivity contribution in [3.8, 4) is 0 Å². The molecule has 10 heteroatoms. The van der Waals surface area contributed by atoms with E-state index in [2.05, 4.69) is 0 Å². The van der Waals surface area contributed by atoms with Crippen molar-refractivity contribution in [1.29, 1.82) is 0 Å². The van der Waals surface area contributed by atoms with Gasteiger partial charge in [-0.1, -0.05) is 35.0 Å². The van der Waals surface area contributed by atoms with Gasteiger partial charge >= 0.3 is 0 Å². The molecule has 0 aliphatic carbocycles. The van der Waals surface area contributed by atoms with Crippen molar-refractivity contribution >= 4 is 61.8 Å². The van der Waals surface area contributed by atoms with Crippen LogP contribution in [0.1, 0.15) is 0 Å². The number of hydrogen-bond acceptors (Lipinski definition) is 6. The standard InChI is InChI=1S/C11H7Cl2NO4S3/c1-21(17,18)10-5-8(14(15)16)11(20-10)19-9-3-2-6(12)4-7(9)13/h2-5H,1H3. The lowest BCUT2D eigenvalue weighted by atomic mass is 10.4. The number of halogens is 2. The Balaban J connectivity index is 2.48. The molecular formula is C11H7Cl2NO4S3. The first-order chi connectivity index (χ1) is 9.68. The first kappa shape index (κ1) is 16.6. The summed E-state index contributed by atoms with van der Waals surface area (Å²) in [6, 6.07) is 5.81. The molecule has 0 saturated carbocycles. The third kappa shape index (κ3) is 3.89. The Labute approximate surface area is 139 Å². The van der Waals surface area contributed by atoms with E-state index in [9.17, 15) is 18.5 Å². The Morgan fingerprint density at radius 2 is 1.95 bits per heavy atom. The molecule has 0 fully saturated rings. The molecule has 0 aliphatic heterocycles. The molecule has 0 radical (unpaired) electrons. The van der Waals surface area contributed by atoms with E-state index in [-0.39, 0.29) is 14.1 Å². The van der Waals surface area contributed by atoms with Gasteiger partial charge in [0.05, 0.1) is 9.95 Å². The van der Waals surface area contributed by atoms with Crippen LogP contribution >= 0.6 is 46.3 Å². The Bertz CT molecular complexity index is 817. The van der Waals surface area contributed by atoms with E-state index in [1.54, 1.807) is 12.1 Å². The molecule has 0 bridgehead atoms. The second kappa shape index (κ2) is 6.13. The first-order valence-corrected chi connectivity index (χ1v) is 9.57. The zero-order valence-corrected chi connectivity index (χ0v) is 14.3. The maximum atomic E-state index is 11.5. The lowest BCUT2D eigenvalue weighted by Gasteiger charge is -2.02. The summed E-state index contributed by atoms with van der Waals surface area (Å²) in [7, 11) is -3.50. The topological polar surface area (TPSA) is 77.3 Å². The number of benzene rings is 1. The maximum Gasteiger partial charge on any atom is 0.295 e. The lowest BCUT2D eigenvalue weighted by molar-refractivity contribution is -0.387. The highest BCUT2D eigenvalue weighted by atomic mass is 35.5. The van der Waals surface area contributed by atoms with Gasteiger partial charge in [0.2, 0.25) is 0 Å². The number of nitrogens with zero attached hydrogens (tertiary/aromatic N) is 1. The minimum atomic E-state index is -3.50. The fraction of sp³-hybridized carbons (Fsp3) is 0.0909. The molecule has 1 heterocycles. The zero-order valence-electron chi connectivity index (χ0n) is 10.4. The van der Waals surface area contributed by atoms with Crippen molar-refractivity contribution in [2.24, 2.45) is 0 Å². The Kier molecular flexibility index (Phi) is 4.84. The van der Waals surface area contributed by atoms with Gasteiger partial charge in [0.15, 0.2) is 9.84 Å². The molecule has 2 rings (SSSR count). The van der Waals surface area contributed by atoms with Gasteiger partial charge in [0.25, 0.3) is 5.69 Å². The predicted molar refractivity (Wildman–Crippen MR) is 84.7 cm³/mol. The average molecular weight is 384 g/mol. The quantitative estimate of drug-likeness (QED) is 0.572. The first-order valence-electron chi connectivity index (χ1n) is 5.29. The van der Waals surface area contributed by atoms with E-state index in [4.69, 9.17) is 23.2 Å². The van der Waals surface area contributed by atoms with Crippen LogP contribution in [-0.4, -0.2) is 19.6 Å². The normalized spacial score (nSPS) is 11.6. The van der Waals surface area contributed by atoms with Crippen LogP contribution in [0.15, 0.2) is 37.6 Å². The smallest absolute Gasteiger partial charge is 0.258 e. The van der Waals surface area contributed by atoms with Crippen LogP contribution in [0.25, 0.3) is 0 Å². The highest BCUT2D eigenvalue weighted by molar-refractivity contribution is 8.02. The van der Waals surface area contributed by atoms with Gasteiger partial charge in [-0.05, 0) is 18.2 Å². The molecule has 0 unspecified atom stereocenters. The van der Waals surface area contributed by atoms with E-state index in [0.717, 1.165) is 35.4 Å². The van der Waals surface area contributed by atoms with E-state index in [0.29, 0.717) is 14.9 Å². The molecular weight excluding hydrogens is 377 g/mol. The third-order valence-electron chi connectivity index (χ3n) is 2.32. The molecule has 5 nitrogen and oxygen atoms in total. The fourth-order valence-electron chi connectivity index (χ4n) is 1.38. The molecule has 1 aromatic carbocycles. The van der Waals surface area contributed by atoms with Crippen LogP contribution in [0.3, 0.4) is 0 Å². The van der Waals surface area contributed by atoms with Gasteiger partial charge in [-0.25, -0.2) is 8.42 Å². The van der Waals surface area contributed by atoms with E-state index in [1.807, 2.05) is 0 Å². The average Bonchev–Trinajstić information content (AvgIpc) is 2.76. The molecule has 0 saturated heterocycles. The second-order valence-electron chi connectivity index (χ2n) is 3.94. The summed E-state index contributed by atoms with van der Waals surface area (Å²) >= 11 is 13.7. The van der Waals surface area contributed by atoms with Gasteiger partial charge in [-0.2, -0.15) is 0 Å². The van der Waals surface area contributed by atoms with E-state index in [1.165, 1.54) is 6.07 Å². The van der Waals surface area contributed by atoms with Crippen LogP contribution in [-0.2, 0) is 9.84 Å². The third-order valence-corrected chi connectivity index (χ3v) is 7.17. The van der Waals surface area contributed by atoms with Gasteiger partial charge in [0, 0.05) is 22.2 Å². The van der Waals surface area contributed by atoms with Crippen molar-refractivity contribution in [3.05, 3.63) is 44.4 Å². The molecule has 0 aliphatic rings. The minimum absolute atomic E-state index is 0.0539. The van der Waals surface area contributed by atoms with Gasteiger partial charge in [0.1, 0.15) is 8.42 Å². The highest BCUT2D eigenvalue weighted by Crippen LogP contribution is 2.44. The number of sulfone groups is 1. The largest absolute Gasteiger partial charge is 0.295 e. The summed E-state index contributed by atoms with van der Waals surface area (Å²) in [6.45, 7) is 0. The molecule has 0 spiro atoms. The predicted octanol–water partition coefficient (Wildman–Crippen LogP) is 4.52. The summed E-state index contributed by atoms with van der Waals surface area (Å²) in [4.78, 5) is 11.0. The monoisotopic (exact) mass is 383 g/mol. The maximum absolute atomic E-state index is 11.5. The molecule has 0 N–H and O–H groups in total. The molecule has 0 amide bonds. The Morgan fingerprint density at radius 3 is 2.48 bits per heavy atom. The molecule has 0 atom stereocenters. The lowest BCUT2D eigenvalue weighted by Crippen LogP contribution is -1.92. The van der Waals surface area contributed by atoms with Crippen LogP contribution in [0.4, 0.5) is 5.69 Å². The highest BCUT2D eigenvalue weighted by Gasteiger charge is 2.24. The van der Waals surface area contributed by atoms with Crippen molar-refractivity contribution in [1.82, 2.24) is 0 Å². The van der Waals surface area contributed by atoms with Crippen LogP contribution in [0.2, 0.25) is 10.0 Å². The van der Waals surface area contributed by atoms with Crippen molar-refractivity contribution in [2.75, 3.05) is 6.26 Å². The van der Waals surface area contributed by atoms with Crippen LogP contribution < -0.4 is 0 Å². The minimum Gasteiger partial charge on any atom is -0.258 e. The van der Waals surface area contributed by atoms with Crippen LogP contribution in [0.5, 0.6) is 0 Å². The second-order valence-corrected chi connectivity index (χ2v) is 9.39. The molecule has 112 valence electrons. The van der Waals surface area contributed by atoms with Crippen molar-refractivity contribution < 1.29 is 13.3 Å². The van der Waals surface area contributed by atoms with Gasteiger partial charge in [-0.3, -0.25) is 10.1 Å². The number of rotatable bonds is 4. The Morgan fingerprint density at radius 1 is 1.29 bits per heavy atom. The van der Waals surface area contributed by atoms with E-state index >= 15 is 0 Å². The summed E-state index contributed by atoms with van der Waals surface area (Å²) < 4.78 is 23.2. The van der Waals surface area contributed by atoms with Crippen molar-refractivity contribution in [3.63, 3.8) is 0 Å². The summed E-state index contributed by atoms with van der Waals surface area (Å²) in [5.74, 6) is 0. The number of thiophene rings is 1. The summed E-state index contributed by atoms with van der Waals surface area (Å²) in [5, 5.41) is 11.8. The zero-order chi connectivity index (χ0) is 15.8. The van der Waals surface area contributed by atoms with Gasteiger partial charge < -0.3 is 0 Å². The molecule has 21 heavy (non-hydrogen) atoms. The molecule has 2 aromatic rings. The van der Waals surface area contributed by atoms with Crippen LogP contribution in [0, 0.1) is 10.1 Å². The SMILES string of the molecule is CS(=O)(=O)c1cc([N+](=O)[O-])c(Sc2ccc(Cl)cc2Cl)s1. The summed E-state index contributed by atoms with van der Waals surface area (Å²) in [6.07, 6.45) is 1.01. The fourth-order valence-corrected chi connectivity index (χ4v) is 5.28. The van der Waals surface area contributed by atoms with Gasteiger partial charge in [-0.15, -0.1) is 11.3 Å². The summed E-state index contributed by atoms with van der Waals surface area (Å²) in [5.41, 5.74) is -0.253. The molecule has 1 aromatic heterocycles. The number of hydrogen-bond donors (Lipinski definition) is 0. The van der Waals surface area contributed by atoms with E-state index < -0.39 is 14.8 Å². The Hall–Kier alpha value is -0.800. The number of nitro groups is 1. The van der Waals surface area contributed by atoms with Crippen molar-refractivity contribution in [2.45, 2.75) is 13.3 Å².